The predicted octanol–water partition coefficient (Wildman–Crippen LogP) is 1.02. The van der Waals surface area contributed by atoms with Gasteiger partial charge in [-0.05, 0) is 48.9 Å². The van der Waals surface area contributed by atoms with E-state index < -0.39 is 23.3 Å². The van der Waals surface area contributed by atoms with Crippen molar-refractivity contribution in [3.63, 3.8) is 0 Å². The quantitative estimate of drug-likeness (QED) is 0.140. The van der Waals surface area contributed by atoms with E-state index in [1.807, 2.05) is 12.1 Å². The summed E-state index contributed by atoms with van der Waals surface area (Å²) in [7, 11) is 4.33. The molecule has 2 aromatic carbocycles. The minimum absolute atomic E-state index is 0.264. The number of hydroxylamine groups is 1. The lowest BCUT2D eigenvalue weighted by Gasteiger charge is -2.38. The summed E-state index contributed by atoms with van der Waals surface area (Å²) in [5, 5.41) is 11.4. The molecule has 3 N–H and O–H groups in total. The van der Waals surface area contributed by atoms with E-state index in [1.165, 1.54) is 32.1 Å². The second kappa shape index (κ2) is 13.2. The minimum atomic E-state index is -1.94. The van der Waals surface area contributed by atoms with Crippen LogP contribution in [-0.4, -0.2) is 91.9 Å². The highest BCUT2D eigenvalue weighted by Crippen LogP contribution is 2.19. The molecule has 3 amide bonds. The summed E-state index contributed by atoms with van der Waals surface area (Å²) in [6, 6.07) is 14.6. The Bertz CT molecular complexity index is 1160. The van der Waals surface area contributed by atoms with Crippen molar-refractivity contribution >= 4 is 17.7 Å². The van der Waals surface area contributed by atoms with E-state index >= 15 is 0 Å². The minimum Gasteiger partial charge on any atom is -0.382 e. The molecule has 0 unspecified atom stereocenters. The fourth-order valence-corrected chi connectivity index (χ4v) is 4.00. The second-order valence-electron chi connectivity index (χ2n) is 9.16. The molecule has 1 aliphatic heterocycles. The molecule has 1 atom stereocenters. The van der Waals surface area contributed by atoms with Gasteiger partial charge >= 0.3 is 0 Å². The maximum atomic E-state index is 13.0. The van der Waals surface area contributed by atoms with E-state index in [0.29, 0.717) is 18.8 Å². The molecule has 10 nitrogen and oxygen atoms in total. The van der Waals surface area contributed by atoms with E-state index in [-0.39, 0.29) is 11.7 Å². The Labute approximate surface area is 222 Å². The number of ether oxygens (including phenoxy) is 2. The molecule has 2 aromatic rings. The Morgan fingerprint density at radius 2 is 1.61 bits per heavy atom. The van der Waals surface area contributed by atoms with Crippen molar-refractivity contribution in [2.24, 2.45) is 0 Å². The van der Waals surface area contributed by atoms with Gasteiger partial charge in [0, 0.05) is 57.5 Å². The first-order valence-corrected chi connectivity index (χ1v) is 12.2. The van der Waals surface area contributed by atoms with Crippen molar-refractivity contribution in [2.75, 3.05) is 47.5 Å². The number of nitrogens with zero attached hydrogens (tertiary/aromatic N) is 2. The molecule has 202 valence electrons. The highest BCUT2D eigenvalue weighted by molar-refractivity contribution is 6.12. The molecule has 10 heteroatoms. The predicted molar refractivity (Wildman–Crippen MR) is 140 cm³/mol. The smallest absolute Gasteiger partial charge is 0.278 e. The molecule has 1 saturated heterocycles. The number of carbonyl (C=O) groups excluding carboxylic acids is 3. The van der Waals surface area contributed by atoms with Crippen LogP contribution in [0.25, 0.3) is 0 Å². The summed E-state index contributed by atoms with van der Waals surface area (Å²) in [6.07, 6.45) is 0.276. The molecule has 0 aliphatic carbocycles. The number of rotatable bonds is 10. The van der Waals surface area contributed by atoms with Crippen molar-refractivity contribution in [3.05, 3.63) is 70.8 Å². The van der Waals surface area contributed by atoms with Crippen molar-refractivity contribution in [1.82, 2.24) is 20.6 Å². The summed E-state index contributed by atoms with van der Waals surface area (Å²) in [6.45, 7) is 5.18. The first-order valence-electron chi connectivity index (χ1n) is 12.2. The van der Waals surface area contributed by atoms with Crippen LogP contribution in [-0.2, 0) is 25.6 Å². The van der Waals surface area contributed by atoms with Crippen LogP contribution in [0.2, 0.25) is 0 Å². The number of amides is 3. The fraction of sp³-hybridized carbons (Fsp3) is 0.393. The Morgan fingerprint density at radius 3 is 2.13 bits per heavy atom. The van der Waals surface area contributed by atoms with Gasteiger partial charge in [0.2, 0.25) is 0 Å². The van der Waals surface area contributed by atoms with Gasteiger partial charge in [0.1, 0.15) is 0 Å². The van der Waals surface area contributed by atoms with E-state index in [2.05, 4.69) is 34.2 Å². The first-order chi connectivity index (χ1) is 18.2. The van der Waals surface area contributed by atoms with Gasteiger partial charge in [-0.25, -0.2) is 5.48 Å². The number of hydrogen-bond donors (Lipinski definition) is 3. The first kappa shape index (κ1) is 28.8. The summed E-state index contributed by atoms with van der Waals surface area (Å²) in [5.74, 6) is 3.87. The van der Waals surface area contributed by atoms with Gasteiger partial charge in [-0.3, -0.25) is 24.5 Å². The summed E-state index contributed by atoms with van der Waals surface area (Å²) >= 11 is 0. The van der Waals surface area contributed by atoms with E-state index in [1.54, 1.807) is 31.4 Å². The molecule has 38 heavy (non-hydrogen) atoms. The van der Waals surface area contributed by atoms with Gasteiger partial charge in [0.15, 0.2) is 5.54 Å². The van der Waals surface area contributed by atoms with Gasteiger partial charge in [-0.15, -0.1) is 0 Å². The summed E-state index contributed by atoms with van der Waals surface area (Å²) in [4.78, 5) is 40.8. The molecule has 1 fully saturated rings. The molecular weight excluding hydrogens is 488 g/mol. The number of nitrogens with one attached hydrogen (secondary N) is 2. The molecule has 0 saturated carbocycles. The zero-order chi connectivity index (χ0) is 27.7. The Morgan fingerprint density at radius 1 is 1.03 bits per heavy atom. The topological polar surface area (TPSA) is 120 Å². The number of methoxy groups -OCH3 is 1. The van der Waals surface area contributed by atoms with Crippen LogP contribution in [0.3, 0.4) is 0 Å². The third-order valence-corrected chi connectivity index (χ3v) is 6.60. The highest BCUT2D eigenvalue weighted by atomic mass is 16.5. The van der Waals surface area contributed by atoms with Gasteiger partial charge in [-0.1, -0.05) is 24.0 Å². The van der Waals surface area contributed by atoms with Crippen LogP contribution < -0.4 is 10.8 Å². The molecule has 3 rings (SSSR count). The van der Waals surface area contributed by atoms with Crippen molar-refractivity contribution in [1.29, 1.82) is 0 Å². The molecule has 0 radical (unpaired) electrons. The zero-order valence-electron chi connectivity index (χ0n) is 22.1. The Balaban J connectivity index is 1.58. The highest BCUT2D eigenvalue weighted by Gasteiger charge is 2.47. The van der Waals surface area contributed by atoms with Crippen LogP contribution >= 0.6 is 0 Å². The maximum absolute atomic E-state index is 13.0. The molecule has 0 bridgehead atoms. The number of carbonyl (C=O) groups is 3. The fourth-order valence-electron chi connectivity index (χ4n) is 4.00. The largest absolute Gasteiger partial charge is 0.382 e. The SMILES string of the molecule is CNC(=O)[C@@](C)(C(=O)NO)N(C)C(=O)c1ccc(C#Cc2ccc(CN3CC(OCCOC)C3)cc2)cc1. The van der Waals surface area contributed by atoms with Crippen LogP contribution in [0, 0.1) is 11.8 Å². The lowest BCUT2D eigenvalue weighted by atomic mass is 9.96. The van der Waals surface area contributed by atoms with Crippen molar-refractivity contribution in [2.45, 2.75) is 25.1 Å². The number of likely N-dealkylation sites (N-methyl/N-ethyl adjacent to an activating group) is 2. The van der Waals surface area contributed by atoms with Gasteiger partial charge in [0.05, 0.1) is 19.3 Å². The number of likely N-dealkylation sites (tertiary alicyclic amines) is 1. The zero-order valence-corrected chi connectivity index (χ0v) is 22.1. The lowest BCUT2D eigenvalue weighted by Crippen LogP contribution is -2.64. The Hall–Kier alpha value is -3.75. The lowest BCUT2D eigenvalue weighted by molar-refractivity contribution is -0.148. The third kappa shape index (κ3) is 6.76. The van der Waals surface area contributed by atoms with Crippen molar-refractivity contribution in [3.8, 4) is 11.8 Å². The summed E-state index contributed by atoms with van der Waals surface area (Å²) in [5.41, 5.74) is 2.55. The molecule has 1 aliphatic rings. The van der Waals surface area contributed by atoms with E-state index in [0.717, 1.165) is 30.1 Å². The average Bonchev–Trinajstić information content (AvgIpc) is 2.93. The van der Waals surface area contributed by atoms with Crippen LogP contribution in [0.4, 0.5) is 0 Å². The third-order valence-electron chi connectivity index (χ3n) is 6.60. The standard InChI is InChI=1S/C28H34N4O6/c1-28(26(34)29-2,27(35)30-36)31(3)25(33)23-13-11-21(12-14-23)6-5-20-7-9-22(10-8-20)17-32-18-24(19-32)38-16-15-37-4/h7-14,24,36H,15-19H2,1-4H3,(H,29,34)(H,30,35)/t28-/m0/s1. The summed E-state index contributed by atoms with van der Waals surface area (Å²) < 4.78 is 10.7. The molecular formula is C28H34N4O6. The van der Waals surface area contributed by atoms with E-state index in [9.17, 15) is 14.4 Å². The van der Waals surface area contributed by atoms with Gasteiger partial charge in [0.25, 0.3) is 17.7 Å². The number of hydrogen-bond acceptors (Lipinski definition) is 7. The molecule has 0 aromatic heterocycles. The Kier molecular flexibility index (Phi) is 9.98. The monoisotopic (exact) mass is 522 g/mol. The maximum Gasteiger partial charge on any atom is 0.278 e. The molecule has 0 spiro atoms. The van der Waals surface area contributed by atoms with Gasteiger partial charge in [-0.2, -0.15) is 0 Å². The second-order valence-corrected chi connectivity index (χ2v) is 9.16. The number of benzene rings is 2. The van der Waals surface area contributed by atoms with Crippen LogP contribution in [0.5, 0.6) is 0 Å². The normalized spacial score (nSPS) is 14.9. The average molecular weight is 523 g/mol. The van der Waals surface area contributed by atoms with Crippen LogP contribution in [0.15, 0.2) is 48.5 Å². The van der Waals surface area contributed by atoms with E-state index in [4.69, 9.17) is 14.7 Å². The van der Waals surface area contributed by atoms with Crippen molar-refractivity contribution < 1.29 is 29.1 Å². The molecule has 1 heterocycles. The van der Waals surface area contributed by atoms with Gasteiger partial charge < -0.3 is 19.7 Å². The van der Waals surface area contributed by atoms with Crippen LogP contribution in [0.1, 0.15) is 34.0 Å².